The first kappa shape index (κ1) is 11.0. The van der Waals surface area contributed by atoms with Crippen molar-refractivity contribution in [1.29, 1.82) is 0 Å². The normalized spacial score (nSPS) is 22.6. The van der Waals surface area contributed by atoms with E-state index >= 15 is 0 Å². The molecule has 1 atom stereocenters. The smallest absolute Gasteiger partial charge is 0.196 e. The lowest BCUT2D eigenvalue weighted by molar-refractivity contribution is 0.210. The molecule has 0 aliphatic carbocycles. The van der Waals surface area contributed by atoms with Crippen molar-refractivity contribution in [3.8, 4) is 0 Å². The lowest BCUT2D eigenvalue weighted by Crippen LogP contribution is -2.45. The van der Waals surface area contributed by atoms with Crippen molar-refractivity contribution in [3.63, 3.8) is 0 Å². The summed E-state index contributed by atoms with van der Waals surface area (Å²) in [6.45, 7) is 3.03. The molecule has 14 heavy (non-hydrogen) atoms. The average molecular weight is 197 g/mol. The first-order valence-electron chi connectivity index (χ1n) is 4.80. The molecule has 0 saturated heterocycles. The molecule has 0 saturated carbocycles. The van der Waals surface area contributed by atoms with Crippen molar-refractivity contribution >= 4 is 5.96 Å². The zero-order chi connectivity index (χ0) is 10.7. The highest BCUT2D eigenvalue weighted by atomic mass is 16.3. The van der Waals surface area contributed by atoms with E-state index in [4.69, 9.17) is 0 Å². The number of guanidine groups is 1. The quantitative estimate of drug-likeness (QED) is 0.370. The molecule has 80 valence electrons. The number of hydrogen-bond acceptors (Lipinski definition) is 2. The van der Waals surface area contributed by atoms with Crippen LogP contribution in [0.15, 0.2) is 16.6 Å². The summed E-state index contributed by atoms with van der Waals surface area (Å²) < 4.78 is 0. The van der Waals surface area contributed by atoms with Crippen molar-refractivity contribution in [1.82, 2.24) is 9.80 Å². The van der Waals surface area contributed by atoms with Crippen molar-refractivity contribution in [3.05, 3.63) is 11.6 Å². The third-order valence-corrected chi connectivity index (χ3v) is 2.54. The molecule has 0 bridgehead atoms. The fourth-order valence-electron chi connectivity index (χ4n) is 1.80. The van der Waals surface area contributed by atoms with Crippen molar-refractivity contribution in [2.45, 2.75) is 13.0 Å². The third-order valence-electron chi connectivity index (χ3n) is 2.54. The van der Waals surface area contributed by atoms with E-state index in [9.17, 15) is 5.11 Å². The van der Waals surface area contributed by atoms with E-state index in [0.717, 1.165) is 12.5 Å². The summed E-state index contributed by atoms with van der Waals surface area (Å²) in [5.41, 5.74) is 1.22. The Kier molecular flexibility index (Phi) is 3.52. The fraction of sp³-hybridized carbons (Fsp3) is 0.700. The molecular formula is C10H19N3O. The van der Waals surface area contributed by atoms with Gasteiger partial charge >= 0.3 is 0 Å². The van der Waals surface area contributed by atoms with Crippen LogP contribution in [0.5, 0.6) is 0 Å². The summed E-state index contributed by atoms with van der Waals surface area (Å²) in [4.78, 5) is 8.30. The molecule has 4 heteroatoms. The van der Waals surface area contributed by atoms with Gasteiger partial charge in [0.2, 0.25) is 0 Å². The van der Waals surface area contributed by atoms with Crippen molar-refractivity contribution < 1.29 is 5.11 Å². The van der Waals surface area contributed by atoms with Gasteiger partial charge in [0.1, 0.15) is 0 Å². The molecule has 0 radical (unpaired) electrons. The van der Waals surface area contributed by atoms with Gasteiger partial charge < -0.3 is 14.9 Å². The second-order valence-corrected chi connectivity index (χ2v) is 3.72. The monoisotopic (exact) mass is 197 g/mol. The predicted molar refractivity (Wildman–Crippen MR) is 58.4 cm³/mol. The summed E-state index contributed by atoms with van der Waals surface area (Å²) in [5.74, 6) is 0.914. The molecule has 1 rings (SSSR count). The van der Waals surface area contributed by atoms with Crippen LogP contribution in [-0.4, -0.2) is 61.2 Å². The van der Waals surface area contributed by atoms with Gasteiger partial charge in [-0.05, 0) is 6.92 Å². The average Bonchev–Trinajstić information content (AvgIpc) is 2.48. The standard InChI is InChI=1S/C10H19N3O/c1-8-5-6-13(9(8)7-14)10(11-2)12(3)4/h5,9,14H,6-7H2,1-4H3. The van der Waals surface area contributed by atoms with Gasteiger partial charge in [-0.1, -0.05) is 11.6 Å². The summed E-state index contributed by atoms with van der Waals surface area (Å²) in [6, 6.07) is 0.0936. The highest BCUT2D eigenvalue weighted by molar-refractivity contribution is 5.81. The Morgan fingerprint density at radius 2 is 2.36 bits per heavy atom. The van der Waals surface area contributed by atoms with Gasteiger partial charge in [0.25, 0.3) is 0 Å². The maximum atomic E-state index is 9.28. The largest absolute Gasteiger partial charge is 0.394 e. The van der Waals surface area contributed by atoms with E-state index in [1.807, 2.05) is 25.9 Å². The van der Waals surface area contributed by atoms with Crippen molar-refractivity contribution in [2.75, 3.05) is 34.3 Å². The molecule has 4 nitrogen and oxygen atoms in total. The van der Waals surface area contributed by atoms with Gasteiger partial charge in [-0.15, -0.1) is 0 Å². The SMILES string of the molecule is CN=C(N(C)C)N1CC=C(C)C1CO. The Balaban J connectivity index is 2.80. The van der Waals surface area contributed by atoms with Gasteiger partial charge in [-0.25, -0.2) is 0 Å². The first-order chi connectivity index (χ1) is 6.61. The molecule has 1 N–H and O–H groups in total. The molecule has 0 fully saturated rings. The molecule has 1 heterocycles. The van der Waals surface area contributed by atoms with Gasteiger partial charge in [-0.2, -0.15) is 0 Å². The van der Waals surface area contributed by atoms with E-state index in [1.54, 1.807) is 7.05 Å². The van der Waals surface area contributed by atoms with E-state index in [1.165, 1.54) is 5.57 Å². The Hall–Kier alpha value is -1.03. The minimum atomic E-state index is 0.0936. The van der Waals surface area contributed by atoms with Gasteiger partial charge in [-0.3, -0.25) is 4.99 Å². The predicted octanol–water partition coefficient (Wildman–Crippen LogP) is 0.157. The summed E-state index contributed by atoms with van der Waals surface area (Å²) in [6.07, 6.45) is 2.13. The van der Waals surface area contributed by atoms with Gasteiger partial charge in [0, 0.05) is 27.7 Å². The molecule has 0 aromatic rings. The number of nitrogens with zero attached hydrogens (tertiary/aromatic N) is 3. The lowest BCUT2D eigenvalue weighted by Gasteiger charge is -2.31. The molecule has 1 aliphatic rings. The molecule has 1 unspecified atom stereocenters. The van der Waals surface area contributed by atoms with Crippen LogP contribution in [-0.2, 0) is 0 Å². The van der Waals surface area contributed by atoms with E-state index in [2.05, 4.69) is 16.0 Å². The number of aliphatic hydroxyl groups excluding tert-OH is 1. The summed E-state index contributed by atoms with van der Waals surface area (Å²) >= 11 is 0. The second kappa shape index (κ2) is 4.46. The Labute approximate surface area is 85.5 Å². The zero-order valence-electron chi connectivity index (χ0n) is 9.36. The summed E-state index contributed by atoms with van der Waals surface area (Å²) in [7, 11) is 5.70. The minimum Gasteiger partial charge on any atom is -0.394 e. The molecule has 0 aromatic carbocycles. The first-order valence-corrected chi connectivity index (χ1v) is 4.80. The molecular weight excluding hydrogens is 178 g/mol. The van der Waals surface area contributed by atoms with Gasteiger partial charge in [0.15, 0.2) is 5.96 Å². The highest BCUT2D eigenvalue weighted by Gasteiger charge is 2.27. The third kappa shape index (κ3) is 1.90. The van der Waals surface area contributed by atoms with Crippen LogP contribution in [0.2, 0.25) is 0 Å². The lowest BCUT2D eigenvalue weighted by atomic mass is 10.2. The van der Waals surface area contributed by atoms with Crippen LogP contribution in [0, 0.1) is 0 Å². The fourth-order valence-corrected chi connectivity index (χ4v) is 1.80. The summed E-state index contributed by atoms with van der Waals surface area (Å²) in [5, 5.41) is 9.28. The Bertz CT molecular complexity index is 258. The minimum absolute atomic E-state index is 0.0936. The van der Waals surface area contributed by atoms with Crippen LogP contribution in [0.1, 0.15) is 6.92 Å². The van der Waals surface area contributed by atoms with E-state index in [0.29, 0.717) is 0 Å². The van der Waals surface area contributed by atoms with Crippen LogP contribution in [0.3, 0.4) is 0 Å². The zero-order valence-corrected chi connectivity index (χ0v) is 9.36. The molecule has 1 aliphatic heterocycles. The number of aliphatic hydroxyl groups is 1. The van der Waals surface area contributed by atoms with Crippen molar-refractivity contribution in [2.24, 2.45) is 4.99 Å². The van der Waals surface area contributed by atoms with E-state index < -0.39 is 0 Å². The maximum absolute atomic E-state index is 9.28. The highest BCUT2D eigenvalue weighted by Crippen LogP contribution is 2.18. The number of hydrogen-bond donors (Lipinski definition) is 1. The van der Waals surface area contributed by atoms with Crippen LogP contribution in [0.4, 0.5) is 0 Å². The Morgan fingerprint density at radius 3 is 2.79 bits per heavy atom. The Morgan fingerprint density at radius 1 is 1.71 bits per heavy atom. The molecule has 0 amide bonds. The molecule has 0 aromatic heterocycles. The number of rotatable bonds is 1. The van der Waals surface area contributed by atoms with Gasteiger partial charge in [0.05, 0.1) is 12.6 Å². The van der Waals surface area contributed by atoms with E-state index in [-0.39, 0.29) is 12.6 Å². The second-order valence-electron chi connectivity index (χ2n) is 3.72. The van der Waals surface area contributed by atoms with Crippen LogP contribution in [0.25, 0.3) is 0 Å². The van der Waals surface area contributed by atoms with Crippen LogP contribution < -0.4 is 0 Å². The topological polar surface area (TPSA) is 39.1 Å². The molecule has 0 spiro atoms. The van der Waals surface area contributed by atoms with Crippen LogP contribution >= 0.6 is 0 Å². The number of aliphatic imine (C=N–C) groups is 1. The maximum Gasteiger partial charge on any atom is 0.196 e.